The molecule has 2 atom stereocenters. The Kier molecular flexibility index (Phi) is 3.03. The van der Waals surface area contributed by atoms with Crippen molar-refractivity contribution in [3.05, 3.63) is 23.3 Å². The highest BCUT2D eigenvalue weighted by Gasteiger charge is 2.53. The number of carbonyl (C=O) groups excluding carboxylic acids is 2. The average molecular weight is 313 g/mol. The average Bonchev–Trinajstić information content (AvgIpc) is 3.07. The number of nitrogens with zero attached hydrogens (tertiary/aromatic N) is 3. The Bertz CT molecular complexity index is 754. The molecule has 2 unspecified atom stereocenters. The van der Waals surface area contributed by atoms with Gasteiger partial charge >= 0.3 is 6.03 Å². The molecule has 23 heavy (non-hydrogen) atoms. The minimum atomic E-state index is -0.818. The highest BCUT2D eigenvalue weighted by molar-refractivity contribution is 6.22. The molecule has 3 aliphatic rings. The fourth-order valence-electron chi connectivity index (χ4n) is 3.61. The lowest BCUT2D eigenvalue weighted by Gasteiger charge is -2.25. The molecule has 118 valence electrons. The smallest absolute Gasteiger partial charge is 0.332 e. The van der Waals surface area contributed by atoms with Crippen LogP contribution in [-0.2, 0) is 11.2 Å². The van der Waals surface area contributed by atoms with E-state index < -0.39 is 24.1 Å². The second-order valence-electron chi connectivity index (χ2n) is 5.95. The fraction of sp³-hybridized carbons (Fsp3) is 0.438. The predicted molar refractivity (Wildman–Crippen MR) is 79.0 cm³/mol. The molecule has 2 fully saturated rings. The number of urea groups is 1. The Hall–Kier alpha value is -2.59. The predicted octanol–water partition coefficient (Wildman–Crippen LogP) is 0.785. The van der Waals surface area contributed by atoms with Gasteiger partial charge in [-0.2, -0.15) is 5.26 Å². The van der Waals surface area contributed by atoms with Crippen LogP contribution in [0, 0.1) is 11.3 Å². The number of imide groups is 1. The van der Waals surface area contributed by atoms with Crippen LogP contribution in [0.15, 0.2) is 12.1 Å². The summed E-state index contributed by atoms with van der Waals surface area (Å²) in [5.41, 5.74) is 1.59. The molecule has 1 N–H and O–H groups in total. The summed E-state index contributed by atoms with van der Waals surface area (Å²) < 4.78 is 5.60. The van der Waals surface area contributed by atoms with Gasteiger partial charge in [0.1, 0.15) is 17.9 Å². The van der Waals surface area contributed by atoms with Crippen molar-refractivity contribution in [2.75, 3.05) is 18.1 Å². The molecule has 2 saturated heterocycles. The number of aliphatic hydroxyl groups excluding tert-OH is 1. The third kappa shape index (κ3) is 1.85. The van der Waals surface area contributed by atoms with E-state index >= 15 is 0 Å². The monoisotopic (exact) mass is 313 g/mol. The minimum Gasteiger partial charge on any atom is -0.492 e. The molecule has 7 nitrogen and oxygen atoms in total. The number of hydrogen-bond donors (Lipinski definition) is 1. The molecule has 0 aromatic heterocycles. The standard InChI is InChI=1S/C16H15N3O4/c17-8-9-3-4-11(10-2-1-7-23-14(9)10)19-15(21)13-12(20)5-6-18(13)16(19)22/h3-4,12-13,20H,1-2,5-7H2. The van der Waals surface area contributed by atoms with Gasteiger partial charge in [-0.1, -0.05) is 0 Å². The van der Waals surface area contributed by atoms with Gasteiger partial charge in [0.25, 0.3) is 5.91 Å². The van der Waals surface area contributed by atoms with Gasteiger partial charge in [0.05, 0.1) is 24.0 Å². The van der Waals surface area contributed by atoms with Crippen molar-refractivity contribution in [2.45, 2.75) is 31.4 Å². The van der Waals surface area contributed by atoms with E-state index in [2.05, 4.69) is 6.07 Å². The van der Waals surface area contributed by atoms with Gasteiger partial charge in [-0.05, 0) is 31.4 Å². The Balaban J connectivity index is 1.81. The number of nitriles is 1. The van der Waals surface area contributed by atoms with Crippen molar-refractivity contribution in [3.63, 3.8) is 0 Å². The first-order chi connectivity index (χ1) is 11.1. The number of amides is 3. The largest absolute Gasteiger partial charge is 0.492 e. The third-order valence-electron chi connectivity index (χ3n) is 4.69. The molecule has 0 aliphatic carbocycles. The van der Waals surface area contributed by atoms with E-state index in [1.807, 2.05) is 0 Å². The number of hydrogen-bond acceptors (Lipinski definition) is 5. The SMILES string of the molecule is N#Cc1ccc(N2C(=O)C3C(O)CCN3C2=O)c2c1OCCC2. The first kappa shape index (κ1) is 14.0. The third-order valence-corrected chi connectivity index (χ3v) is 4.69. The Morgan fingerprint density at radius 3 is 2.91 bits per heavy atom. The molecule has 4 rings (SSSR count). The van der Waals surface area contributed by atoms with Crippen LogP contribution in [0.4, 0.5) is 10.5 Å². The molecule has 3 amide bonds. The van der Waals surface area contributed by atoms with Crippen LogP contribution in [0.5, 0.6) is 5.75 Å². The van der Waals surface area contributed by atoms with Gasteiger partial charge in [-0.25, -0.2) is 9.69 Å². The molecule has 3 heterocycles. The van der Waals surface area contributed by atoms with E-state index in [-0.39, 0.29) is 0 Å². The number of anilines is 1. The zero-order valence-corrected chi connectivity index (χ0v) is 12.4. The summed E-state index contributed by atoms with van der Waals surface area (Å²) in [6, 6.07) is 4.07. The van der Waals surface area contributed by atoms with Crippen LogP contribution >= 0.6 is 0 Å². The second kappa shape index (κ2) is 4.96. The number of ether oxygens (including phenoxy) is 1. The van der Waals surface area contributed by atoms with Gasteiger partial charge in [-0.3, -0.25) is 4.79 Å². The summed E-state index contributed by atoms with van der Waals surface area (Å²) in [6.45, 7) is 0.891. The number of fused-ring (bicyclic) bond motifs is 2. The highest BCUT2D eigenvalue weighted by atomic mass is 16.5. The summed E-state index contributed by atoms with van der Waals surface area (Å²) in [4.78, 5) is 27.8. The van der Waals surface area contributed by atoms with Crippen molar-refractivity contribution in [2.24, 2.45) is 0 Å². The zero-order chi connectivity index (χ0) is 16.1. The summed E-state index contributed by atoms with van der Waals surface area (Å²) in [6.07, 6.45) is 1.01. The maximum Gasteiger partial charge on any atom is 0.332 e. The molecule has 1 aromatic carbocycles. The van der Waals surface area contributed by atoms with E-state index in [9.17, 15) is 20.0 Å². The van der Waals surface area contributed by atoms with Gasteiger partial charge in [0.2, 0.25) is 0 Å². The minimum absolute atomic E-state index is 0.377. The van der Waals surface area contributed by atoms with E-state index in [1.54, 1.807) is 12.1 Å². The van der Waals surface area contributed by atoms with Crippen LogP contribution in [0.25, 0.3) is 0 Å². The molecular formula is C16H15N3O4. The van der Waals surface area contributed by atoms with Gasteiger partial charge in [0.15, 0.2) is 0 Å². The van der Waals surface area contributed by atoms with Crippen LogP contribution in [0.1, 0.15) is 24.0 Å². The lowest BCUT2D eigenvalue weighted by Crippen LogP contribution is -2.37. The Morgan fingerprint density at radius 2 is 2.17 bits per heavy atom. The lowest BCUT2D eigenvalue weighted by atomic mass is 9.99. The van der Waals surface area contributed by atoms with E-state index in [1.165, 1.54) is 4.90 Å². The first-order valence-corrected chi connectivity index (χ1v) is 7.65. The van der Waals surface area contributed by atoms with Crippen LogP contribution in [0.2, 0.25) is 0 Å². The normalized spacial score (nSPS) is 25.9. The van der Waals surface area contributed by atoms with E-state index in [0.717, 1.165) is 11.3 Å². The van der Waals surface area contributed by atoms with E-state index in [0.29, 0.717) is 48.6 Å². The summed E-state index contributed by atoms with van der Waals surface area (Å²) >= 11 is 0. The van der Waals surface area contributed by atoms with Crippen molar-refractivity contribution < 1.29 is 19.4 Å². The maximum absolute atomic E-state index is 12.6. The van der Waals surface area contributed by atoms with E-state index in [4.69, 9.17) is 4.74 Å². The number of benzene rings is 1. The molecular weight excluding hydrogens is 298 g/mol. The Labute approximate surface area is 132 Å². The molecule has 0 radical (unpaired) electrons. The first-order valence-electron chi connectivity index (χ1n) is 7.65. The zero-order valence-electron chi connectivity index (χ0n) is 12.4. The van der Waals surface area contributed by atoms with Crippen LogP contribution in [0.3, 0.4) is 0 Å². The molecule has 0 bridgehead atoms. The molecule has 1 aromatic rings. The van der Waals surface area contributed by atoms with Gasteiger partial charge in [0, 0.05) is 12.1 Å². The van der Waals surface area contributed by atoms with Crippen LogP contribution < -0.4 is 9.64 Å². The lowest BCUT2D eigenvalue weighted by molar-refractivity contribution is -0.121. The maximum atomic E-state index is 12.6. The topological polar surface area (TPSA) is 93.9 Å². The van der Waals surface area contributed by atoms with Crippen molar-refractivity contribution in [1.29, 1.82) is 5.26 Å². The van der Waals surface area contributed by atoms with Gasteiger partial charge < -0.3 is 14.7 Å². The number of rotatable bonds is 1. The highest BCUT2D eigenvalue weighted by Crippen LogP contribution is 2.40. The number of aliphatic hydroxyl groups is 1. The second-order valence-corrected chi connectivity index (χ2v) is 5.95. The number of carbonyl (C=O) groups is 2. The molecule has 3 aliphatic heterocycles. The van der Waals surface area contributed by atoms with Gasteiger partial charge in [-0.15, -0.1) is 0 Å². The van der Waals surface area contributed by atoms with Crippen LogP contribution in [-0.4, -0.2) is 47.2 Å². The summed E-state index contributed by atoms with van der Waals surface area (Å²) in [5, 5.41) is 19.2. The quantitative estimate of drug-likeness (QED) is 0.773. The molecule has 0 saturated carbocycles. The molecule has 0 spiro atoms. The summed E-state index contributed by atoms with van der Waals surface area (Å²) in [5.74, 6) is 0.0574. The Morgan fingerprint density at radius 1 is 1.35 bits per heavy atom. The van der Waals surface area contributed by atoms with Crippen molar-refractivity contribution >= 4 is 17.6 Å². The van der Waals surface area contributed by atoms with Crippen molar-refractivity contribution in [1.82, 2.24) is 4.90 Å². The summed E-state index contributed by atoms with van der Waals surface area (Å²) in [7, 11) is 0. The molecule has 7 heteroatoms. The fourth-order valence-corrected chi connectivity index (χ4v) is 3.61. The van der Waals surface area contributed by atoms with Crippen molar-refractivity contribution in [3.8, 4) is 11.8 Å².